The number of anilines is 2. The minimum Gasteiger partial charge on any atom is -0.372 e. The third-order valence-corrected chi connectivity index (χ3v) is 4.51. The molecule has 1 heterocycles. The van der Waals surface area contributed by atoms with Crippen LogP contribution in [0.1, 0.15) is 41.7 Å². The standard InChI is InChI=1S/C16H19N3OS/c1-11-5-4-8-13(9-11)18-15(20)14-16(21-10-17-14)19-12-6-2-3-7-12/h4-5,8-10,12,19H,2-3,6-7H2,1H3,(H,18,20). The second kappa shape index (κ2) is 6.26. The highest BCUT2D eigenvalue weighted by atomic mass is 32.1. The first kappa shape index (κ1) is 14.1. The first-order valence-electron chi connectivity index (χ1n) is 7.30. The summed E-state index contributed by atoms with van der Waals surface area (Å²) in [7, 11) is 0. The lowest BCUT2D eigenvalue weighted by atomic mass is 10.2. The molecule has 0 unspecified atom stereocenters. The van der Waals surface area contributed by atoms with Gasteiger partial charge < -0.3 is 10.6 Å². The van der Waals surface area contributed by atoms with Gasteiger partial charge in [-0.15, -0.1) is 11.3 Å². The molecule has 1 fully saturated rings. The number of nitrogens with one attached hydrogen (secondary N) is 2. The second-order valence-corrected chi connectivity index (χ2v) is 6.33. The Kier molecular flexibility index (Phi) is 4.20. The van der Waals surface area contributed by atoms with E-state index in [0.717, 1.165) is 16.3 Å². The fourth-order valence-corrected chi connectivity index (χ4v) is 3.43. The Morgan fingerprint density at radius 2 is 2.14 bits per heavy atom. The van der Waals surface area contributed by atoms with Gasteiger partial charge in [0.2, 0.25) is 0 Å². The molecule has 1 aromatic carbocycles. The maximum absolute atomic E-state index is 12.4. The molecule has 1 aromatic heterocycles. The van der Waals surface area contributed by atoms with Crippen molar-refractivity contribution in [3.8, 4) is 0 Å². The average Bonchev–Trinajstić information content (AvgIpc) is 3.10. The molecule has 0 atom stereocenters. The fourth-order valence-electron chi connectivity index (χ4n) is 2.68. The van der Waals surface area contributed by atoms with E-state index in [1.54, 1.807) is 5.51 Å². The monoisotopic (exact) mass is 301 g/mol. The smallest absolute Gasteiger partial charge is 0.277 e. The summed E-state index contributed by atoms with van der Waals surface area (Å²) in [4.78, 5) is 16.6. The SMILES string of the molecule is Cc1cccc(NC(=O)c2ncsc2NC2CCCC2)c1. The molecular weight excluding hydrogens is 282 g/mol. The van der Waals surface area contributed by atoms with E-state index in [0.29, 0.717) is 11.7 Å². The summed E-state index contributed by atoms with van der Waals surface area (Å²) in [6.07, 6.45) is 4.89. The van der Waals surface area contributed by atoms with Crippen molar-refractivity contribution in [1.82, 2.24) is 4.98 Å². The number of aromatic nitrogens is 1. The Morgan fingerprint density at radius 1 is 1.33 bits per heavy atom. The van der Waals surface area contributed by atoms with Crippen LogP contribution in [0.5, 0.6) is 0 Å². The fraction of sp³-hybridized carbons (Fsp3) is 0.375. The first-order chi connectivity index (χ1) is 10.2. The van der Waals surface area contributed by atoms with Crippen LogP contribution < -0.4 is 10.6 Å². The number of amides is 1. The zero-order chi connectivity index (χ0) is 14.7. The van der Waals surface area contributed by atoms with Gasteiger partial charge in [-0.25, -0.2) is 4.98 Å². The predicted octanol–water partition coefficient (Wildman–Crippen LogP) is 4.06. The van der Waals surface area contributed by atoms with Crippen LogP contribution in [0.25, 0.3) is 0 Å². The normalized spacial score (nSPS) is 15.1. The van der Waals surface area contributed by atoms with E-state index in [9.17, 15) is 4.79 Å². The number of carbonyl (C=O) groups excluding carboxylic acids is 1. The number of nitrogens with zero attached hydrogens (tertiary/aromatic N) is 1. The summed E-state index contributed by atoms with van der Waals surface area (Å²) in [5.74, 6) is -0.151. The highest BCUT2D eigenvalue weighted by Gasteiger charge is 2.20. The van der Waals surface area contributed by atoms with E-state index in [4.69, 9.17) is 0 Å². The van der Waals surface area contributed by atoms with Crippen LogP contribution >= 0.6 is 11.3 Å². The molecule has 21 heavy (non-hydrogen) atoms. The number of rotatable bonds is 4. The van der Waals surface area contributed by atoms with Crippen molar-refractivity contribution in [3.63, 3.8) is 0 Å². The third-order valence-electron chi connectivity index (χ3n) is 3.75. The van der Waals surface area contributed by atoms with Crippen LogP contribution in [0, 0.1) is 6.92 Å². The molecular formula is C16H19N3OS. The Hall–Kier alpha value is -1.88. The van der Waals surface area contributed by atoms with Gasteiger partial charge in [0.25, 0.3) is 5.91 Å². The zero-order valence-electron chi connectivity index (χ0n) is 12.1. The Labute approximate surface area is 128 Å². The van der Waals surface area contributed by atoms with Gasteiger partial charge in [-0.3, -0.25) is 4.79 Å². The van der Waals surface area contributed by atoms with Gasteiger partial charge in [0.05, 0.1) is 5.51 Å². The lowest BCUT2D eigenvalue weighted by Crippen LogP contribution is -2.18. The molecule has 3 rings (SSSR count). The minimum absolute atomic E-state index is 0.151. The van der Waals surface area contributed by atoms with E-state index in [1.807, 2.05) is 31.2 Å². The van der Waals surface area contributed by atoms with Crippen LogP contribution in [0.3, 0.4) is 0 Å². The molecule has 0 saturated heterocycles. The molecule has 2 aromatic rings. The lowest BCUT2D eigenvalue weighted by Gasteiger charge is -2.12. The highest BCUT2D eigenvalue weighted by molar-refractivity contribution is 7.14. The molecule has 1 saturated carbocycles. The largest absolute Gasteiger partial charge is 0.372 e. The molecule has 1 amide bonds. The molecule has 1 aliphatic rings. The van der Waals surface area contributed by atoms with Gasteiger partial charge in [-0.05, 0) is 37.5 Å². The van der Waals surface area contributed by atoms with Crippen molar-refractivity contribution in [3.05, 3.63) is 41.0 Å². The van der Waals surface area contributed by atoms with Crippen LogP contribution in [-0.4, -0.2) is 16.9 Å². The minimum atomic E-state index is -0.151. The second-order valence-electron chi connectivity index (χ2n) is 5.48. The Bertz CT molecular complexity index is 632. The maximum atomic E-state index is 12.4. The summed E-state index contributed by atoms with van der Waals surface area (Å²) in [6, 6.07) is 8.27. The number of hydrogen-bond acceptors (Lipinski definition) is 4. The summed E-state index contributed by atoms with van der Waals surface area (Å²) in [6.45, 7) is 2.01. The zero-order valence-corrected chi connectivity index (χ0v) is 12.9. The van der Waals surface area contributed by atoms with Crippen LogP contribution in [0.15, 0.2) is 29.8 Å². The molecule has 5 heteroatoms. The predicted molar refractivity (Wildman–Crippen MR) is 87.1 cm³/mol. The molecule has 0 spiro atoms. The molecule has 0 bridgehead atoms. The van der Waals surface area contributed by atoms with Gasteiger partial charge in [0, 0.05) is 11.7 Å². The summed E-state index contributed by atoms with van der Waals surface area (Å²) < 4.78 is 0. The van der Waals surface area contributed by atoms with E-state index in [2.05, 4.69) is 15.6 Å². The van der Waals surface area contributed by atoms with Crippen molar-refractivity contribution in [1.29, 1.82) is 0 Å². The summed E-state index contributed by atoms with van der Waals surface area (Å²) in [5, 5.41) is 7.26. The molecule has 4 nitrogen and oxygen atoms in total. The number of carbonyl (C=O) groups is 1. The summed E-state index contributed by atoms with van der Waals surface area (Å²) in [5.41, 5.74) is 4.14. The maximum Gasteiger partial charge on any atom is 0.277 e. The van der Waals surface area contributed by atoms with Crippen LogP contribution in [0.2, 0.25) is 0 Å². The highest BCUT2D eigenvalue weighted by Crippen LogP contribution is 2.27. The lowest BCUT2D eigenvalue weighted by molar-refractivity contribution is 0.102. The Balaban J connectivity index is 1.71. The van der Waals surface area contributed by atoms with Crippen molar-refractivity contribution >= 4 is 27.9 Å². The van der Waals surface area contributed by atoms with Crippen LogP contribution in [-0.2, 0) is 0 Å². The van der Waals surface area contributed by atoms with Crippen molar-refractivity contribution in [2.45, 2.75) is 38.6 Å². The van der Waals surface area contributed by atoms with Crippen molar-refractivity contribution in [2.24, 2.45) is 0 Å². The van der Waals surface area contributed by atoms with Crippen LogP contribution in [0.4, 0.5) is 10.7 Å². The number of hydrogen-bond donors (Lipinski definition) is 2. The number of aryl methyl sites for hydroxylation is 1. The van der Waals surface area contributed by atoms with Crippen molar-refractivity contribution < 1.29 is 4.79 Å². The molecule has 0 radical (unpaired) electrons. The average molecular weight is 301 g/mol. The van der Waals surface area contributed by atoms with E-state index in [-0.39, 0.29) is 5.91 Å². The quantitative estimate of drug-likeness (QED) is 0.895. The third kappa shape index (κ3) is 3.42. The Morgan fingerprint density at radius 3 is 2.90 bits per heavy atom. The number of thiazole rings is 1. The molecule has 1 aliphatic carbocycles. The van der Waals surface area contributed by atoms with Gasteiger partial charge >= 0.3 is 0 Å². The van der Waals surface area contributed by atoms with E-state index < -0.39 is 0 Å². The molecule has 2 N–H and O–H groups in total. The van der Waals surface area contributed by atoms with Gasteiger partial charge in [0.1, 0.15) is 5.00 Å². The summed E-state index contributed by atoms with van der Waals surface area (Å²) >= 11 is 1.50. The van der Waals surface area contributed by atoms with Gasteiger partial charge in [-0.2, -0.15) is 0 Å². The van der Waals surface area contributed by atoms with E-state index in [1.165, 1.54) is 37.0 Å². The van der Waals surface area contributed by atoms with Gasteiger partial charge in [0.15, 0.2) is 5.69 Å². The first-order valence-corrected chi connectivity index (χ1v) is 8.18. The molecule has 0 aliphatic heterocycles. The van der Waals surface area contributed by atoms with Crippen molar-refractivity contribution in [2.75, 3.05) is 10.6 Å². The number of benzene rings is 1. The topological polar surface area (TPSA) is 54.0 Å². The van der Waals surface area contributed by atoms with Gasteiger partial charge in [-0.1, -0.05) is 25.0 Å². The molecule has 110 valence electrons. The van der Waals surface area contributed by atoms with E-state index >= 15 is 0 Å².